The van der Waals surface area contributed by atoms with E-state index in [1.165, 1.54) is 19.2 Å². The van der Waals surface area contributed by atoms with Crippen molar-refractivity contribution >= 4 is 17.5 Å². The van der Waals surface area contributed by atoms with Crippen LogP contribution in [0.4, 0.5) is 0 Å². The first kappa shape index (κ1) is 18.3. The quantitative estimate of drug-likeness (QED) is 0.789. The Kier molecular flexibility index (Phi) is 6.21. The molecule has 6 heteroatoms. The van der Waals surface area contributed by atoms with E-state index in [0.29, 0.717) is 5.75 Å². The third-order valence-electron chi connectivity index (χ3n) is 3.49. The number of benzene rings is 1. The molecule has 0 fully saturated rings. The van der Waals surface area contributed by atoms with Crippen LogP contribution in [0.1, 0.15) is 50.0 Å². The summed E-state index contributed by atoms with van der Waals surface area (Å²) in [6.07, 6.45) is 0.698. The molecule has 120 valence electrons. The fourth-order valence-corrected chi connectivity index (χ4v) is 2.18. The van der Waals surface area contributed by atoms with Gasteiger partial charge in [0.25, 0.3) is 5.91 Å². The number of carbonyl (C=O) groups is 1. The molecule has 0 aliphatic heterocycles. The highest BCUT2D eigenvalue weighted by Crippen LogP contribution is 2.27. The van der Waals surface area contributed by atoms with Gasteiger partial charge in [0.1, 0.15) is 11.8 Å². The minimum Gasteiger partial charge on any atom is -0.496 e. The largest absolute Gasteiger partial charge is 0.496 e. The average molecular weight is 324 g/mol. The van der Waals surface area contributed by atoms with Gasteiger partial charge >= 0.3 is 0 Å². The maximum Gasteiger partial charge on any atom is 0.256 e. The van der Waals surface area contributed by atoms with Gasteiger partial charge in [-0.25, -0.2) is 0 Å². The Hall–Kier alpha value is -1.77. The summed E-state index contributed by atoms with van der Waals surface area (Å²) in [7, 11) is 1.45. The van der Waals surface area contributed by atoms with E-state index in [4.69, 9.17) is 21.6 Å². The van der Waals surface area contributed by atoms with E-state index in [-0.39, 0.29) is 33.8 Å². The molecule has 22 heavy (non-hydrogen) atoms. The van der Waals surface area contributed by atoms with Crippen molar-refractivity contribution < 1.29 is 9.53 Å². The van der Waals surface area contributed by atoms with Crippen LogP contribution in [0.15, 0.2) is 12.1 Å². The maximum atomic E-state index is 12.4. The number of halogens is 1. The number of nitrogens with zero attached hydrogens (tertiary/aromatic N) is 1. The van der Waals surface area contributed by atoms with Gasteiger partial charge in [-0.05, 0) is 33.3 Å². The first-order valence-corrected chi connectivity index (χ1v) is 7.48. The molecule has 0 radical (unpaired) electrons. The van der Waals surface area contributed by atoms with Crippen molar-refractivity contribution in [3.8, 4) is 11.8 Å². The van der Waals surface area contributed by atoms with Gasteiger partial charge in [0.15, 0.2) is 0 Å². The van der Waals surface area contributed by atoms with E-state index in [0.717, 1.165) is 6.42 Å². The molecule has 0 aromatic heterocycles. The smallest absolute Gasteiger partial charge is 0.256 e. The molecule has 0 aliphatic carbocycles. The van der Waals surface area contributed by atoms with Crippen LogP contribution in [0.5, 0.6) is 5.75 Å². The second kappa shape index (κ2) is 7.48. The molecule has 5 nitrogen and oxygen atoms in total. The van der Waals surface area contributed by atoms with Gasteiger partial charge in [0.05, 0.1) is 29.4 Å². The summed E-state index contributed by atoms with van der Waals surface area (Å²) in [6.45, 7) is 8.06. The zero-order valence-corrected chi connectivity index (χ0v) is 14.3. The molecule has 0 aliphatic rings. The van der Waals surface area contributed by atoms with Crippen LogP contribution in [-0.4, -0.2) is 24.7 Å². The van der Waals surface area contributed by atoms with Crippen LogP contribution in [-0.2, 0) is 0 Å². The molecule has 1 atom stereocenters. The number of hydrogen-bond donors (Lipinski definition) is 2. The van der Waals surface area contributed by atoms with E-state index in [9.17, 15) is 4.79 Å². The van der Waals surface area contributed by atoms with E-state index in [2.05, 4.69) is 31.4 Å². The lowest BCUT2D eigenvalue weighted by Gasteiger charge is -2.29. The molecule has 0 saturated carbocycles. The van der Waals surface area contributed by atoms with Crippen LogP contribution in [0.25, 0.3) is 0 Å². The van der Waals surface area contributed by atoms with E-state index in [1.807, 2.05) is 13.0 Å². The molecule has 0 bridgehead atoms. The Balaban J connectivity index is 2.96. The Morgan fingerprint density at radius 3 is 2.64 bits per heavy atom. The number of nitrogens with one attached hydrogen (secondary N) is 2. The van der Waals surface area contributed by atoms with Gasteiger partial charge in [-0.2, -0.15) is 5.26 Å². The van der Waals surface area contributed by atoms with Gasteiger partial charge < -0.3 is 10.1 Å². The Bertz CT molecular complexity index is 594. The zero-order valence-electron chi connectivity index (χ0n) is 13.6. The van der Waals surface area contributed by atoms with Crippen molar-refractivity contribution in [2.24, 2.45) is 0 Å². The van der Waals surface area contributed by atoms with Gasteiger partial charge in [-0.1, -0.05) is 18.5 Å². The van der Waals surface area contributed by atoms with E-state index in [1.54, 1.807) is 0 Å². The molecule has 0 heterocycles. The number of ether oxygens (including phenoxy) is 1. The lowest BCUT2D eigenvalue weighted by Crippen LogP contribution is -2.52. The number of rotatable bonds is 6. The fraction of sp³-hybridized carbons (Fsp3) is 0.500. The Morgan fingerprint density at radius 1 is 1.50 bits per heavy atom. The summed E-state index contributed by atoms with van der Waals surface area (Å²) in [6, 6.07) is 4.87. The van der Waals surface area contributed by atoms with Crippen LogP contribution in [0.3, 0.4) is 0 Å². The highest BCUT2D eigenvalue weighted by Gasteiger charge is 2.21. The molecular formula is C16H22ClN3O2. The SMILES string of the molecule is CCC(C)(C)NC(C)NC(=O)c1cc(C#N)c(Cl)cc1OC. The van der Waals surface area contributed by atoms with E-state index >= 15 is 0 Å². The summed E-state index contributed by atoms with van der Waals surface area (Å²) in [4.78, 5) is 12.4. The first-order valence-electron chi connectivity index (χ1n) is 7.10. The van der Waals surface area contributed by atoms with Crippen molar-refractivity contribution in [1.82, 2.24) is 10.6 Å². The molecule has 1 amide bonds. The predicted molar refractivity (Wildman–Crippen MR) is 87.2 cm³/mol. The molecule has 1 aromatic rings. The van der Waals surface area contributed by atoms with Crippen molar-refractivity contribution in [2.45, 2.75) is 45.8 Å². The zero-order chi connectivity index (χ0) is 16.9. The second-order valence-corrected chi connectivity index (χ2v) is 6.13. The molecule has 1 unspecified atom stereocenters. The Labute approximate surface area is 136 Å². The van der Waals surface area contributed by atoms with Gasteiger partial charge in [-0.15, -0.1) is 0 Å². The minimum absolute atomic E-state index is 0.0887. The van der Waals surface area contributed by atoms with Crippen LogP contribution in [0.2, 0.25) is 5.02 Å². The lowest BCUT2D eigenvalue weighted by atomic mass is 10.0. The molecule has 0 spiro atoms. The second-order valence-electron chi connectivity index (χ2n) is 5.72. The molecular weight excluding hydrogens is 302 g/mol. The number of amides is 1. The van der Waals surface area contributed by atoms with Gasteiger partial charge in [-0.3, -0.25) is 10.1 Å². The summed E-state index contributed by atoms with van der Waals surface area (Å²) in [5.41, 5.74) is 0.433. The van der Waals surface area contributed by atoms with Crippen molar-refractivity contribution in [1.29, 1.82) is 5.26 Å². The van der Waals surface area contributed by atoms with Crippen LogP contribution < -0.4 is 15.4 Å². The van der Waals surface area contributed by atoms with E-state index < -0.39 is 0 Å². The maximum absolute atomic E-state index is 12.4. The van der Waals surface area contributed by atoms with Crippen molar-refractivity contribution in [3.63, 3.8) is 0 Å². The Morgan fingerprint density at radius 2 is 2.14 bits per heavy atom. The number of carbonyl (C=O) groups excluding carboxylic acids is 1. The number of methoxy groups -OCH3 is 1. The first-order chi connectivity index (χ1) is 10.2. The summed E-state index contributed by atoms with van der Waals surface area (Å²) >= 11 is 5.95. The minimum atomic E-state index is -0.322. The molecule has 0 saturated heterocycles. The normalized spacial score (nSPS) is 12.4. The van der Waals surface area contributed by atoms with Gasteiger partial charge in [0, 0.05) is 11.6 Å². The summed E-state index contributed by atoms with van der Waals surface area (Å²) in [5, 5.41) is 15.5. The third kappa shape index (κ3) is 4.62. The molecule has 2 N–H and O–H groups in total. The van der Waals surface area contributed by atoms with Crippen LogP contribution >= 0.6 is 11.6 Å². The topological polar surface area (TPSA) is 74.1 Å². The molecule has 1 rings (SSSR count). The monoisotopic (exact) mass is 323 g/mol. The average Bonchev–Trinajstić information content (AvgIpc) is 2.45. The fourth-order valence-electron chi connectivity index (χ4n) is 1.99. The molecule has 1 aromatic carbocycles. The number of nitriles is 1. The van der Waals surface area contributed by atoms with Crippen molar-refractivity contribution in [3.05, 3.63) is 28.3 Å². The highest BCUT2D eigenvalue weighted by molar-refractivity contribution is 6.32. The third-order valence-corrected chi connectivity index (χ3v) is 3.81. The predicted octanol–water partition coefficient (Wildman–Crippen LogP) is 3.07. The summed E-state index contributed by atoms with van der Waals surface area (Å²) < 4.78 is 5.18. The number of hydrogen-bond acceptors (Lipinski definition) is 4. The van der Waals surface area contributed by atoms with Gasteiger partial charge in [0.2, 0.25) is 0 Å². The highest BCUT2D eigenvalue weighted by atomic mass is 35.5. The van der Waals surface area contributed by atoms with Crippen LogP contribution in [0, 0.1) is 11.3 Å². The summed E-state index contributed by atoms with van der Waals surface area (Å²) in [5.74, 6) is 0.0142. The lowest BCUT2D eigenvalue weighted by molar-refractivity contribution is 0.0922. The van der Waals surface area contributed by atoms with Crippen molar-refractivity contribution in [2.75, 3.05) is 7.11 Å². The standard InChI is InChI=1S/C16H22ClN3O2/c1-6-16(3,4)20-10(2)19-15(21)12-7-11(9-18)13(17)8-14(12)22-5/h7-8,10,20H,6H2,1-5H3,(H,19,21).